The molecule has 0 amide bonds. The van der Waals surface area contributed by atoms with Gasteiger partial charge >= 0.3 is 0 Å². The van der Waals surface area contributed by atoms with Crippen LogP contribution in [-0.2, 0) is 13.1 Å². The Labute approximate surface area is 101 Å². The van der Waals surface area contributed by atoms with E-state index in [1.54, 1.807) is 0 Å². The fourth-order valence-electron chi connectivity index (χ4n) is 2.79. The second-order valence-electron chi connectivity index (χ2n) is 4.99. The van der Waals surface area contributed by atoms with Crippen LogP contribution in [0.15, 0.2) is 0 Å². The van der Waals surface area contributed by atoms with Crippen LogP contribution in [-0.4, -0.2) is 16.5 Å². The van der Waals surface area contributed by atoms with Crippen molar-refractivity contribution in [1.82, 2.24) is 15.3 Å². The first kappa shape index (κ1) is 10.8. The standard InChI is InChI=1S/C12H19N5/c13-12-16-10-7-14-6-9(10)11(17-12)15-5-8-3-1-2-4-8/h8,14H,1-7H2,(H3,13,15,16,17). The van der Waals surface area contributed by atoms with Gasteiger partial charge in [0.05, 0.1) is 5.69 Å². The summed E-state index contributed by atoms with van der Waals surface area (Å²) in [4.78, 5) is 8.58. The molecule has 2 aliphatic rings. The van der Waals surface area contributed by atoms with E-state index >= 15 is 0 Å². The van der Waals surface area contributed by atoms with Gasteiger partial charge in [0.2, 0.25) is 5.95 Å². The van der Waals surface area contributed by atoms with E-state index in [2.05, 4.69) is 20.6 Å². The molecule has 17 heavy (non-hydrogen) atoms. The van der Waals surface area contributed by atoms with Crippen LogP contribution in [0.4, 0.5) is 11.8 Å². The molecule has 0 atom stereocenters. The zero-order chi connectivity index (χ0) is 11.7. The maximum Gasteiger partial charge on any atom is 0.222 e. The Bertz CT molecular complexity index is 412. The van der Waals surface area contributed by atoms with E-state index in [1.807, 2.05) is 0 Å². The molecule has 3 rings (SSSR count). The molecule has 4 N–H and O–H groups in total. The SMILES string of the molecule is Nc1nc2c(c(NCC3CCCC3)n1)CNC2. The van der Waals surface area contributed by atoms with Crippen LogP contribution in [0.3, 0.4) is 0 Å². The molecule has 1 aromatic heterocycles. The Balaban J connectivity index is 1.73. The Morgan fingerprint density at radius 3 is 2.88 bits per heavy atom. The highest BCUT2D eigenvalue weighted by Gasteiger charge is 2.20. The van der Waals surface area contributed by atoms with Crippen LogP contribution >= 0.6 is 0 Å². The van der Waals surface area contributed by atoms with Crippen LogP contribution in [0.25, 0.3) is 0 Å². The molecule has 1 saturated carbocycles. The maximum absolute atomic E-state index is 5.73. The van der Waals surface area contributed by atoms with Crippen molar-refractivity contribution in [3.8, 4) is 0 Å². The number of nitrogen functional groups attached to an aromatic ring is 1. The summed E-state index contributed by atoms with van der Waals surface area (Å²) in [6, 6.07) is 0. The molecule has 1 fully saturated rings. The minimum Gasteiger partial charge on any atom is -0.369 e. The predicted octanol–water partition coefficient (Wildman–Crippen LogP) is 1.26. The molecular weight excluding hydrogens is 214 g/mol. The Morgan fingerprint density at radius 1 is 1.24 bits per heavy atom. The molecule has 5 nitrogen and oxygen atoms in total. The zero-order valence-corrected chi connectivity index (χ0v) is 10.00. The highest BCUT2D eigenvalue weighted by Crippen LogP contribution is 2.26. The van der Waals surface area contributed by atoms with Crippen LogP contribution in [0, 0.1) is 5.92 Å². The second-order valence-corrected chi connectivity index (χ2v) is 4.99. The predicted molar refractivity (Wildman–Crippen MR) is 67.4 cm³/mol. The van der Waals surface area contributed by atoms with Crippen molar-refractivity contribution < 1.29 is 0 Å². The minimum atomic E-state index is 0.376. The summed E-state index contributed by atoms with van der Waals surface area (Å²) in [5, 5.41) is 6.74. The summed E-state index contributed by atoms with van der Waals surface area (Å²) in [5.41, 5.74) is 7.96. The summed E-state index contributed by atoms with van der Waals surface area (Å²) in [6.45, 7) is 2.67. The van der Waals surface area contributed by atoms with Crippen molar-refractivity contribution >= 4 is 11.8 Å². The third kappa shape index (κ3) is 2.20. The fraction of sp³-hybridized carbons (Fsp3) is 0.667. The molecule has 5 heteroatoms. The molecule has 0 bridgehead atoms. The van der Waals surface area contributed by atoms with Crippen LogP contribution < -0.4 is 16.4 Å². The van der Waals surface area contributed by atoms with E-state index in [9.17, 15) is 0 Å². The van der Waals surface area contributed by atoms with Crippen molar-refractivity contribution in [3.05, 3.63) is 11.3 Å². The van der Waals surface area contributed by atoms with Gasteiger partial charge in [-0.2, -0.15) is 4.98 Å². The van der Waals surface area contributed by atoms with Crippen molar-refractivity contribution in [2.45, 2.75) is 38.8 Å². The van der Waals surface area contributed by atoms with Gasteiger partial charge in [-0.1, -0.05) is 12.8 Å². The summed E-state index contributed by atoms with van der Waals surface area (Å²) in [6.07, 6.45) is 5.43. The molecule has 0 saturated heterocycles. The Morgan fingerprint density at radius 2 is 2.06 bits per heavy atom. The van der Waals surface area contributed by atoms with E-state index in [-0.39, 0.29) is 0 Å². The van der Waals surface area contributed by atoms with Crippen LogP contribution in [0.1, 0.15) is 36.9 Å². The smallest absolute Gasteiger partial charge is 0.222 e. The first-order valence-electron chi connectivity index (χ1n) is 6.43. The number of hydrogen-bond donors (Lipinski definition) is 3. The molecule has 1 aromatic rings. The van der Waals surface area contributed by atoms with Gasteiger partial charge in [0, 0.05) is 25.2 Å². The van der Waals surface area contributed by atoms with Crippen molar-refractivity contribution in [3.63, 3.8) is 0 Å². The molecule has 1 aliphatic carbocycles. The van der Waals surface area contributed by atoms with E-state index in [0.717, 1.165) is 37.1 Å². The molecule has 1 aliphatic heterocycles. The fourth-order valence-corrected chi connectivity index (χ4v) is 2.79. The average molecular weight is 233 g/mol. The number of nitrogens with zero attached hydrogens (tertiary/aromatic N) is 2. The second kappa shape index (κ2) is 4.49. The minimum absolute atomic E-state index is 0.376. The van der Waals surface area contributed by atoms with Gasteiger partial charge in [0.15, 0.2) is 0 Å². The van der Waals surface area contributed by atoms with E-state index < -0.39 is 0 Å². The quantitative estimate of drug-likeness (QED) is 0.733. The monoisotopic (exact) mass is 233 g/mol. The number of nitrogens with two attached hydrogens (primary N) is 1. The van der Waals surface area contributed by atoms with Gasteiger partial charge in [-0.05, 0) is 18.8 Å². The summed E-state index contributed by atoms with van der Waals surface area (Å²) in [5.74, 6) is 2.11. The van der Waals surface area contributed by atoms with Crippen LogP contribution in [0.5, 0.6) is 0 Å². The van der Waals surface area contributed by atoms with Gasteiger partial charge in [-0.3, -0.25) is 0 Å². The number of nitrogens with one attached hydrogen (secondary N) is 2. The largest absolute Gasteiger partial charge is 0.369 e. The van der Waals surface area contributed by atoms with E-state index in [1.165, 1.54) is 31.2 Å². The average Bonchev–Trinajstić information content (AvgIpc) is 2.95. The van der Waals surface area contributed by atoms with Crippen molar-refractivity contribution in [2.24, 2.45) is 5.92 Å². The lowest BCUT2D eigenvalue weighted by Crippen LogP contribution is -2.15. The first-order chi connectivity index (χ1) is 8.33. The number of anilines is 2. The number of hydrogen-bond acceptors (Lipinski definition) is 5. The van der Waals surface area contributed by atoms with Gasteiger partial charge in [0.25, 0.3) is 0 Å². The van der Waals surface area contributed by atoms with Gasteiger partial charge < -0.3 is 16.4 Å². The number of rotatable bonds is 3. The number of fused-ring (bicyclic) bond motifs is 1. The normalized spacial score (nSPS) is 19.5. The lowest BCUT2D eigenvalue weighted by atomic mass is 10.1. The topological polar surface area (TPSA) is 75.9 Å². The summed E-state index contributed by atoms with van der Waals surface area (Å²) >= 11 is 0. The van der Waals surface area contributed by atoms with Crippen LogP contribution in [0.2, 0.25) is 0 Å². The highest BCUT2D eigenvalue weighted by atomic mass is 15.1. The Hall–Kier alpha value is -1.36. The molecule has 92 valence electrons. The zero-order valence-electron chi connectivity index (χ0n) is 10.00. The van der Waals surface area contributed by atoms with Crippen molar-refractivity contribution in [1.29, 1.82) is 0 Å². The lowest BCUT2D eigenvalue weighted by Gasteiger charge is -2.13. The third-order valence-electron chi connectivity index (χ3n) is 3.74. The molecule has 0 aromatic carbocycles. The molecular formula is C12H19N5. The first-order valence-corrected chi connectivity index (χ1v) is 6.43. The summed E-state index contributed by atoms with van der Waals surface area (Å²) in [7, 11) is 0. The van der Waals surface area contributed by atoms with E-state index in [4.69, 9.17) is 5.73 Å². The third-order valence-corrected chi connectivity index (χ3v) is 3.74. The summed E-state index contributed by atoms with van der Waals surface area (Å²) < 4.78 is 0. The molecule has 2 heterocycles. The Kier molecular flexibility index (Phi) is 2.84. The van der Waals surface area contributed by atoms with Gasteiger partial charge in [-0.25, -0.2) is 4.98 Å². The van der Waals surface area contributed by atoms with Gasteiger partial charge in [0.1, 0.15) is 5.82 Å². The van der Waals surface area contributed by atoms with Gasteiger partial charge in [-0.15, -0.1) is 0 Å². The molecule has 0 unspecified atom stereocenters. The maximum atomic E-state index is 5.73. The molecule has 0 spiro atoms. The van der Waals surface area contributed by atoms with Crippen molar-refractivity contribution in [2.75, 3.05) is 17.6 Å². The van der Waals surface area contributed by atoms with E-state index in [0.29, 0.717) is 5.95 Å². The molecule has 0 radical (unpaired) electrons. The number of aromatic nitrogens is 2. The highest BCUT2D eigenvalue weighted by molar-refractivity contribution is 5.51. The lowest BCUT2D eigenvalue weighted by molar-refractivity contribution is 0.578.